The van der Waals surface area contributed by atoms with Gasteiger partial charge in [-0.15, -0.1) is 22.7 Å². The summed E-state index contributed by atoms with van der Waals surface area (Å²) in [5.74, 6) is 1.34. The van der Waals surface area contributed by atoms with Crippen LogP contribution >= 0.6 is 22.7 Å². The smallest absolute Gasteiger partial charge is 0.497 e. The lowest BCUT2D eigenvalue weighted by Crippen LogP contribution is -2.15. The number of hydrogen-bond acceptors (Lipinski definition) is 5. The molecule has 40 heavy (non-hydrogen) atoms. The number of nitrogens with zero attached hydrogens (tertiary/aromatic N) is 2. The molecule has 0 fully saturated rings. The molecule has 5 aromatic rings. The highest BCUT2D eigenvalue weighted by atomic mass is 32.1. The van der Waals surface area contributed by atoms with Crippen LogP contribution in [0.5, 0.6) is 11.5 Å². The highest BCUT2D eigenvalue weighted by Crippen LogP contribution is 2.43. The van der Waals surface area contributed by atoms with Crippen molar-refractivity contribution in [3.8, 4) is 22.1 Å². The molecule has 0 aliphatic carbocycles. The fourth-order valence-electron chi connectivity index (χ4n) is 5.18. The first kappa shape index (κ1) is 26.5. The van der Waals surface area contributed by atoms with E-state index in [-0.39, 0.29) is 0 Å². The monoisotopic (exact) mass is 572 g/mol. The van der Waals surface area contributed by atoms with Gasteiger partial charge in [-0.25, -0.2) is 4.99 Å². The minimum absolute atomic E-state index is 0.413. The van der Waals surface area contributed by atoms with E-state index in [1.807, 2.05) is 48.5 Å². The highest BCUT2D eigenvalue weighted by Gasteiger charge is 2.30. The number of benzene rings is 2. The molecule has 0 spiro atoms. The van der Waals surface area contributed by atoms with Crippen LogP contribution in [0.3, 0.4) is 0 Å². The Kier molecular flexibility index (Phi) is 7.10. The number of aromatic nitrogens is 1. The van der Waals surface area contributed by atoms with Gasteiger partial charge in [0.05, 0.1) is 41.1 Å². The molecule has 1 aliphatic heterocycles. The van der Waals surface area contributed by atoms with E-state index in [1.165, 1.54) is 4.88 Å². The van der Waals surface area contributed by atoms with E-state index in [4.69, 9.17) is 14.5 Å². The largest absolute Gasteiger partial charge is 0.678 e. The number of fused-ring (bicyclic) bond motifs is 2. The topological polar surface area (TPSA) is 35.8 Å². The van der Waals surface area contributed by atoms with Gasteiger partial charge < -0.3 is 14.0 Å². The van der Waals surface area contributed by atoms with Gasteiger partial charge in [0.25, 0.3) is 0 Å². The summed E-state index contributed by atoms with van der Waals surface area (Å²) in [5.41, 5.74) is 4.19. The second-order valence-corrected chi connectivity index (χ2v) is 11.8. The molecule has 0 amide bonds. The molecule has 0 radical (unpaired) electrons. The maximum atomic E-state index is 15.0. The Labute approximate surface area is 240 Å². The quantitative estimate of drug-likeness (QED) is 0.174. The second kappa shape index (κ2) is 10.7. The van der Waals surface area contributed by atoms with Crippen molar-refractivity contribution >= 4 is 58.3 Å². The number of thiophene rings is 2. The lowest BCUT2D eigenvalue weighted by molar-refractivity contribution is 0.414. The standard InChI is InChI=1S/C31H27BF2N2O2S2/c1-5-20-9-13-28(39-20)30-24-15-18(37-3)7-11-22(24)26(35-30)17-27-23-12-8-19(38-4)16-25(23)31(36(27)32(33)34)29-14-10-21(6-2)40-29/h7-17H,5-6H2,1-4H3/b26-17-. The van der Waals surface area contributed by atoms with Crippen LogP contribution in [0.1, 0.15) is 45.3 Å². The van der Waals surface area contributed by atoms with E-state index >= 15 is 0 Å². The Morgan fingerprint density at radius 2 is 1.45 bits per heavy atom. The minimum atomic E-state index is -2.75. The highest BCUT2D eigenvalue weighted by molar-refractivity contribution is 7.15. The SMILES string of the molecule is CCc1ccc(C2=N/C(=C\c3c4ccc(OC)cc4c(-c4ccc(CC)s4)n3B(F)F)c3ccc(OC)cc32)s1. The van der Waals surface area contributed by atoms with Crippen molar-refractivity contribution in [2.24, 2.45) is 4.99 Å². The van der Waals surface area contributed by atoms with Gasteiger partial charge in [0.2, 0.25) is 0 Å². The number of ether oxygens (including phenoxy) is 2. The fourth-order valence-corrected chi connectivity index (χ4v) is 7.13. The Morgan fingerprint density at radius 3 is 2.10 bits per heavy atom. The summed E-state index contributed by atoms with van der Waals surface area (Å²) in [7, 11) is 0.469. The van der Waals surface area contributed by atoms with Gasteiger partial charge in [-0.3, -0.25) is 8.63 Å². The summed E-state index contributed by atoms with van der Waals surface area (Å²) in [6, 6.07) is 19.5. The first-order chi connectivity index (χ1) is 19.4. The predicted octanol–water partition coefficient (Wildman–Crippen LogP) is 8.69. The summed E-state index contributed by atoms with van der Waals surface area (Å²) in [6.45, 7) is 4.19. The molecular formula is C31H27BF2N2O2S2. The maximum Gasteiger partial charge on any atom is 0.678 e. The van der Waals surface area contributed by atoms with Crippen LogP contribution in [0.4, 0.5) is 8.63 Å². The van der Waals surface area contributed by atoms with Crippen molar-refractivity contribution in [3.05, 3.63) is 92.1 Å². The average Bonchev–Trinajstić information content (AvgIpc) is 3.76. The molecule has 1 aliphatic rings. The fraction of sp³-hybridized carbons (Fsp3) is 0.194. The third-order valence-corrected chi connectivity index (χ3v) is 9.68. The van der Waals surface area contributed by atoms with Crippen molar-refractivity contribution in [3.63, 3.8) is 0 Å². The first-order valence-electron chi connectivity index (χ1n) is 13.1. The normalized spacial score (nSPS) is 13.7. The number of aryl methyl sites for hydroxylation is 2. The number of halogens is 2. The van der Waals surface area contributed by atoms with Crippen molar-refractivity contribution < 1.29 is 18.1 Å². The van der Waals surface area contributed by atoms with E-state index in [0.29, 0.717) is 22.8 Å². The number of methoxy groups -OCH3 is 2. The van der Waals surface area contributed by atoms with Crippen LogP contribution in [-0.2, 0) is 12.8 Å². The molecular weight excluding hydrogens is 545 g/mol. The van der Waals surface area contributed by atoms with E-state index in [9.17, 15) is 8.63 Å². The second-order valence-electron chi connectivity index (χ2n) is 9.43. The zero-order chi connectivity index (χ0) is 28.0. The molecule has 202 valence electrons. The summed E-state index contributed by atoms with van der Waals surface area (Å²) in [4.78, 5) is 9.28. The molecule has 4 nitrogen and oxygen atoms in total. The van der Waals surface area contributed by atoms with Gasteiger partial charge >= 0.3 is 7.40 Å². The third kappa shape index (κ3) is 4.47. The summed E-state index contributed by atoms with van der Waals surface area (Å²) < 4.78 is 42.1. The average molecular weight is 573 g/mol. The predicted molar refractivity (Wildman–Crippen MR) is 165 cm³/mol. The number of rotatable bonds is 8. The van der Waals surface area contributed by atoms with Crippen molar-refractivity contribution in [2.75, 3.05) is 14.2 Å². The van der Waals surface area contributed by atoms with Gasteiger partial charge in [-0.05, 0) is 79.6 Å². The third-order valence-electron chi connectivity index (χ3n) is 7.20. The number of hydrogen-bond donors (Lipinski definition) is 0. The van der Waals surface area contributed by atoms with Crippen molar-refractivity contribution in [2.45, 2.75) is 26.7 Å². The van der Waals surface area contributed by atoms with Gasteiger partial charge in [-0.2, -0.15) is 0 Å². The van der Waals surface area contributed by atoms with E-state index in [1.54, 1.807) is 43.0 Å². The summed E-state index contributed by atoms with van der Waals surface area (Å²) >= 11 is 3.24. The lowest BCUT2D eigenvalue weighted by atomic mass is 10.0. The Balaban J connectivity index is 1.62. The van der Waals surface area contributed by atoms with Gasteiger partial charge in [0.1, 0.15) is 11.5 Å². The summed E-state index contributed by atoms with van der Waals surface area (Å²) in [6.07, 6.45) is 3.58. The van der Waals surface area contributed by atoms with Crippen LogP contribution in [0.25, 0.3) is 33.1 Å². The van der Waals surface area contributed by atoms with Crippen LogP contribution in [0, 0.1) is 0 Å². The summed E-state index contributed by atoms with van der Waals surface area (Å²) in [5, 5.41) is 1.44. The number of aliphatic imine (C=N–C) groups is 1. The van der Waals surface area contributed by atoms with Crippen LogP contribution < -0.4 is 9.47 Å². The Hall–Kier alpha value is -3.69. The van der Waals surface area contributed by atoms with Crippen LogP contribution in [0.2, 0.25) is 0 Å². The lowest BCUT2D eigenvalue weighted by Gasteiger charge is -2.08. The maximum absolute atomic E-state index is 15.0. The van der Waals surface area contributed by atoms with Crippen molar-refractivity contribution in [1.29, 1.82) is 0 Å². The molecule has 4 heterocycles. The van der Waals surface area contributed by atoms with E-state index < -0.39 is 7.40 Å². The molecule has 3 aromatic heterocycles. The molecule has 6 rings (SSSR count). The molecule has 2 aromatic carbocycles. The molecule has 9 heteroatoms. The first-order valence-corrected chi connectivity index (χ1v) is 14.8. The molecule has 0 saturated heterocycles. The Bertz CT molecular complexity index is 1800. The van der Waals surface area contributed by atoms with Crippen LogP contribution in [-0.4, -0.2) is 31.8 Å². The molecule has 0 N–H and O–H groups in total. The molecule has 0 bridgehead atoms. The molecule has 0 saturated carbocycles. The minimum Gasteiger partial charge on any atom is -0.497 e. The van der Waals surface area contributed by atoms with Gasteiger partial charge in [-0.1, -0.05) is 13.8 Å². The zero-order valence-electron chi connectivity index (χ0n) is 22.6. The Morgan fingerprint density at radius 1 is 0.800 bits per heavy atom. The van der Waals surface area contributed by atoms with Gasteiger partial charge in [0, 0.05) is 37.3 Å². The zero-order valence-corrected chi connectivity index (χ0v) is 24.3. The van der Waals surface area contributed by atoms with Gasteiger partial charge in [0.15, 0.2) is 0 Å². The van der Waals surface area contributed by atoms with Crippen molar-refractivity contribution in [1.82, 2.24) is 4.48 Å². The van der Waals surface area contributed by atoms with E-state index in [2.05, 4.69) is 26.0 Å². The van der Waals surface area contributed by atoms with Crippen LogP contribution in [0.15, 0.2) is 65.7 Å². The van der Waals surface area contributed by atoms with E-state index in [0.717, 1.165) is 65.3 Å². The molecule has 0 unspecified atom stereocenters. The molecule has 0 atom stereocenters.